The van der Waals surface area contributed by atoms with E-state index in [9.17, 15) is 4.79 Å². The molecule has 92 valence electrons. The molecule has 0 spiro atoms. The Hall–Kier alpha value is -1.15. The van der Waals surface area contributed by atoms with E-state index in [1.165, 1.54) is 5.56 Å². The Balaban J connectivity index is 0. The van der Waals surface area contributed by atoms with E-state index < -0.39 is 0 Å². The molecule has 0 bridgehead atoms. The van der Waals surface area contributed by atoms with Crippen molar-refractivity contribution in [2.45, 2.75) is 27.7 Å². The summed E-state index contributed by atoms with van der Waals surface area (Å²) < 4.78 is 0. The first-order valence-corrected chi connectivity index (χ1v) is 5.68. The van der Waals surface area contributed by atoms with E-state index >= 15 is 0 Å². The van der Waals surface area contributed by atoms with E-state index in [0.717, 1.165) is 0 Å². The summed E-state index contributed by atoms with van der Waals surface area (Å²) >= 11 is 0. The fourth-order valence-corrected chi connectivity index (χ4v) is 0.980. The second kappa shape index (κ2) is 11.9. The third-order valence-corrected chi connectivity index (χ3v) is 1.48. The van der Waals surface area contributed by atoms with Crippen LogP contribution in [0.25, 0.3) is 0 Å². The second-order valence-electron chi connectivity index (χ2n) is 3.59. The number of carbonyl (C=O) groups is 1. The van der Waals surface area contributed by atoms with Crippen LogP contribution in [0.15, 0.2) is 30.3 Å². The molecular formula is C14H25NO. The highest BCUT2D eigenvalue weighted by Crippen LogP contribution is 1.92. The molecule has 0 fully saturated rings. The molecule has 1 aromatic rings. The predicted molar refractivity (Wildman–Crippen MR) is 71.8 cm³/mol. The summed E-state index contributed by atoms with van der Waals surface area (Å²) in [6.07, 6.45) is 0. The number of likely N-dealkylation sites (N-methyl/N-ethyl adjacent to an activating group) is 1. The number of benzene rings is 1. The Morgan fingerprint density at radius 2 is 1.56 bits per heavy atom. The third kappa shape index (κ3) is 15.3. The monoisotopic (exact) mass is 223 g/mol. The van der Waals surface area contributed by atoms with Gasteiger partial charge in [0.15, 0.2) is 0 Å². The summed E-state index contributed by atoms with van der Waals surface area (Å²) in [7, 11) is 3.75. The van der Waals surface area contributed by atoms with Crippen molar-refractivity contribution in [2.75, 3.05) is 20.6 Å². The van der Waals surface area contributed by atoms with E-state index in [4.69, 9.17) is 0 Å². The second-order valence-corrected chi connectivity index (χ2v) is 3.59. The van der Waals surface area contributed by atoms with Crippen LogP contribution < -0.4 is 0 Å². The number of nitrogens with zero attached hydrogens (tertiary/aromatic N) is 1. The van der Waals surface area contributed by atoms with E-state index in [1.807, 2.05) is 51.0 Å². The summed E-state index contributed by atoms with van der Waals surface area (Å²) in [5.41, 5.74) is 1.32. The Kier molecular flexibility index (Phi) is 12.9. The van der Waals surface area contributed by atoms with Gasteiger partial charge in [-0.25, -0.2) is 0 Å². The lowest BCUT2D eigenvalue weighted by Crippen LogP contribution is -2.18. The Morgan fingerprint density at radius 3 is 1.69 bits per heavy atom. The van der Waals surface area contributed by atoms with Crippen LogP contribution in [0.2, 0.25) is 0 Å². The number of hydrogen-bond acceptors (Lipinski definition) is 2. The van der Waals surface area contributed by atoms with Crippen molar-refractivity contribution in [1.29, 1.82) is 0 Å². The number of aryl methyl sites for hydroxylation is 1. The van der Waals surface area contributed by atoms with Crippen LogP contribution in [0.1, 0.15) is 26.3 Å². The molecule has 0 N–H and O–H groups in total. The molecule has 2 nitrogen and oxygen atoms in total. The third-order valence-electron chi connectivity index (χ3n) is 1.48. The molecule has 1 aromatic carbocycles. The van der Waals surface area contributed by atoms with Crippen molar-refractivity contribution in [1.82, 2.24) is 4.90 Å². The van der Waals surface area contributed by atoms with Crippen LogP contribution in [0.4, 0.5) is 0 Å². The van der Waals surface area contributed by atoms with Gasteiger partial charge in [-0.15, -0.1) is 0 Å². The van der Waals surface area contributed by atoms with Gasteiger partial charge < -0.3 is 4.90 Å². The maximum absolute atomic E-state index is 10.2. The highest BCUT2D eigenvalue weighted by molar-refractivity contribution is 5.77. The average molecular weight is 223 g/mol. The topological polar surface area (TPSA) is 20.3 Å². The molecule has 2 heteroatoms. The van der Waals surface area contributed by atoms with Gasteiger partial charge in [-0.1, -0.05) is 49.7 Å². The minimum atomic E-state index is 0.213. The normalized spacial score (nSPS) is 8.44. The van der Waals surface area contributed by atoms with Crippen LogP contribution in [0, 0.1) is 6.92 Å². The lowest BCUT2D eigenvalue weighted by atomic mass is 10.2. The highest BCUT2D eigenvalue weighted by Gasteiger charge is 1.91. The molecule has 0 aliphatic rings. The van der Waals surface area contributed by atoms with Crippen molar-refractivity contribution < 1.29 is 4.79 Å². The van der Waals surface area contributed by atoms with Crippen molar-refractivity contribution in [3.63, 3.8) is 0 Å². The average Bonchev–Trinajstić information content (AvgIpc) is 2.20. The van der Waals surface area contributed by atoms with Crippen LogP contribution in [-0.4, -0.2) is 31.3 Å². The number of ketones is 1. The summed E-state index contributed by atoms with van der Waals surface area (Å²) in [5, 5.41) is 0. The molecule has 0 unspecified atom stereocenters. The van der Waals surface area contributed by atoms with E-state index in [1.54, 1.807) is 6.92 Å². The molecular weight excluding hydrogens is 198 g/mol. The highest BCUT2D eigenvalue weighted by atomic mass is 16.1. The number of Topliss-reactive ketones (excluding diaryl/α,β-unsaturated/α-hetero) is 1. The van der Waals surface area contributed by atoms with Crippen molar-refractivity contribution >= 4 is 5.78 Å². The van der Waals surface area contributed by atoms with Crippen molar-refractivity contribution in [3.05, 3.63) is 35.9 Å². The SMILES string of the molecule is CC.CC(=O)CN(C)C.Cc1ccccc1. The van der Waals surface area contributed by atoms with Crippen LogP contribution in [-0.2, 0) is 4.79 Å². The minimum Gasteiger partial charge on any atom is -0.302 e. The Morgan fingerprint density at radius 1 is 1.12 bits per heavy atom. The summed E-state index contributed by atoms with van der Waals surface area (Å²) in [5.74, 6) is 0.213. The molecule has 0 saturated heterocycles. The maximum Gasteiger partial charge on any atom is 0.143 e. The molecule has 0 aromatic heterocycles. The summed E-state index contributed by atoms with van der Waals surface area (Å²) in [4.78, 5) is 12.1. The van der Waals surface area contributed by atoms with Gasteiger partial charge in [-0.3, -0.25) is 4.79 Å². The van der Waals surface area contributed by atoms with Gasteiger partial charge in [0.2, 0.25) is 0 Å². The lowest BCUT2D eigenvalue weighted by Gasteiger charge is -2.03. The lowest BCUT2D eigenvalue weighted by molar-refractivity contribution is -0.117. The number of rotatable bonds is 2. The van der Waals surface area contributed by atoms with Crippen LogP contribution >= 0.6 is 0 Å². The molecule has 0 heterocycles. The molecule has 0 aliphatic carbocycles. The summed E-state index contributed by atoms with van der Waals surface area (Å²) in [6.45, 7) is 8.22. The first kappa shape index (κ1) is 17.3. The zero-order valence-corrected chi connectivity index (χ0v) is 11.4. The zero-order chi connectivity index (χ0) is 13.0. The first-order valence-electron chi connectivity index (χ1n) is 5.68. The number of hydrogen-bond donors (Lipinski definition) is 0. The van der Waals surface area contributed by atoms with Crippen molar-refractivity contribution in [2.24, 2.45) is 0 Å². The largest absolute Gasteiger partial charge is 0.302 e. The molecule has 0 atom stereocenters. The zero-order valence-electron chi connectivity index (χ0n) is 11.4. The van der Waals surface area contributed by atoms with Gasteiger partial charge in [0.25, 0.3) is 0 Å². The van der Waals surface area contributed by atoms with E-state index in [-0.39, 0.29) is 5.78 Å². The fourth-order valence-electron chi connectivity index (χ4n) is 0.980. The van der Waals surface area contributed by atoms with Crippen molar-refractivity contribution in [3.8, 4) is 0 Å². The van der Waals surface area contributed by atoms with Gasteiger partial charge in [-0.2, -0.15) is 0 Å². The van der Waals surface area contributed by atoms with E-state index in [0.29, 0.717) is 6.54 Å². The molecule has 1 rings (SSSR count). The van der Waals surface area contributed by atoms with Gasteiger partial charge in [0.1, 0.15) is 5.78 Å². The maximum atomic E-state index is 10.2. The van der Waals surface area contributed by atoms with Gasteiger partial charge >= 0.3 is 0 Å². The van der Waals surface area contributed by atoms with Gasteiger partial charge in [0, 0.05) is 0 Å². The standard InChI is InChI=1S/C7H8.C5H11NO.C2H6/c1-7-5-3-2-4-6-7;1-5(7)4-6(2)3;1-2/h2-6H,1H3;4H2,1-3H3;1-2H3. The van der Waals surface area contributed by atoms with Gasteiger partial charge in [0.05, 0.1) is 6.54 Å². The van der Waals surface area contributed by atoms with Gasteiger partial charge in [-0.05, 0) is 27.9 Å². The molecule has 16 heavy (non-hydrogen) atoms. The fraction of sp³-hybridized carbons (Fsp3) is 0.500. The molecule has 0 aliphatic heterocycles. The summed E-state index contributed by atoms with van der Waals surface area (Å²) in [6, 6.07) is 10.3. The van der Waals surface area contributed by atoms with E-state index in [2.05, 4.69) is 19.1 Å². The smallest absolute Gasteiger partial charge is 0.143 e. The molecule has 0 amide bonds. The van der Waals surface area contributed by atoms with Crippen LogP contribution in [0.3, 0.4) is 0 Å². The molecule has 0 radical (unpaired) electrons. The molecule has 0 saturated carbocycles. The quantitative estimate of drug-likeness (QED) is 0.767. The predicted octanol–water partition coefficient (Wildman–Crippen LogP) is 3.16. The number of carbonyl (C=O) groups excluding carboxylic acids is 1. The Bertz CT molecular complexity index is 255. The minimum absolute atomic E-state index is 0.213. The Labute approximate surface area is 100 Å². The van der Waals surface area contributed by atoms with Crippen LogP contribution in [0.5, 0.6) is 0 Å². The first-order chi connectivity index (χ1) is 7.52.